The fourth-order valence-corrected chi connectivity index (χ4v) is 1.17. The van der Waals surface area contributed by atoms with Crippen LogP contribution >= 0.6 is 0 Å². The molecule has 0 bridgehead atoms. The molecule has 0 N–H and O–H groups in total. The minimum absolute atomic E-state index is 0.263. The van der Waals surface area contributed by atoms with Gasteiger partial charge in [0.1, 0.15) is 11.6 Å². The smallest absolute Gasteiger partial charge is 0.131 e. The third-order valence-electron chi connectivity index (χ3n) is 1.91. The van der Waals surface area contributed by atoms with E-state index in [-0.39, 0.29) is 11.7 Å². The Bertz CT molecular complexity index is 277. The normalized spacial score (nSPS) is 16.9. The van der Waals surface area contributed by atoms with Crippen LogP contribution in [0.5, 0.6) is 0 Å². The van der Waals surface area contributed by atoms with E-state index in [2.05, 4.69) is 6.07 Å². The number of halogens is 2. The fraction of sp³-hybridized carbons (Fsp3) is 0.333. The van der Waals surface area contributed by atoms with Crippen molar-refractivity contribution in [2.24, 2.45) is 0 Å². The Morgan fingerprint density at radius 3 is 2.73 bits per heavy atom. The van der Waals surface area contributed by atoms with Gasteiger partial charge >= 0.3 is 0 Å². The molecule has 0 saturated heterocycles. The highest BCUT2D eigenvalue weighted by molar-refractivity contribution is 5.25. The van der Waals surface area contributed by atoms with Crippen molar-refractivity contribution in [2.75, 3.05) is 0 Å². The fourth-order valence-electron chi connectivity index (χ4n) is 1.17. The highest BCUT2D eigenvalue weighted by atomic mass is 19.1. The van der Waals surface area contributed by atoms with Crippen LogP contribution in [0.15, 0.2) is 12.1 Å². The van der Waals surface area contributed by atoms with Crippen LogP contribution < -0.4 is 0 Å². The zero-order valence-electron chi connectivity index (χ0n) is 5.90. The standard InChI is InChI=1S/C9H7F2/c10-7-3-4-9(11)8(5-7)6-1-2-6/h4-6H,1-2H2. The summed E-state index contributed by atoms with van der Waals surface area (Å²) in [5, 5.41) is 0. The molecule has 1 aromatic carbocycles. The molecule has 0 spiro atoms. The lowest BCUT2D eigenvalue weighted by Gasteiger charge is -1.98. The van der Waals surface area contributed by atoms with Crippen molar-refractivity contribution in [3.05, 3.63) is 35.4 Å². The van der Waals surface area contributed by atoms with Gasteiger partial charge in [0.25, 0.3) is 0 Å². The molecule has 1 aliphatic rings. The monoisotopic (exact) mass is 153 g/mol. The van der Waals surface area contributed by atoms with Crippen molar-refractivity contribution >= 4 is 0 Å². The van der Waals surface area contributed by atoms with E-state index in [9.17, 15) is 8.78 Å². The van der Waals surface area contributed by atoms with Gasteiger partial charge in [0, 0.05) is 6.07 Å². The highest BCUT2D eigenvalue weighted by Crippen LogP contribution is 2.41. The van der Waals surface area contributed by atoms with Crippen molar-refractivity contribution in [2.45, 2.75) is 18.8 Å². The lowest BCUT2D eigenvalue weighted by molar-refractivity contribution is 0.584. The SMILES string of the molecule is Fc1[c]cc(F)c(C2CC2)c1. The van der Waals surface area contributed by atoms with Crippen LogP contribution in [0.25, 0.3) is 0 Å². The van der Waals surface area contributed by atoms with Gasteiger partial charge in [-0.2, -0.15) is 0 Å². The summed E-state index contributed by atoms with van der Waals surface area (Å²) in [6, 6.07) is 4.50. The molecule has 0 atom stereocenters. The molecule has 11 heavy (non-hydrogen) atoms. The summed E-state index contributed by atoms with van der Waals surface area (Å²) >= 11 is 0. The second-order valence-corrected chi connectivity index (χ2v) is 2.86. The first-order chi connectivity index (χ1) is 5.27. The zero-order chi connectivity index (χ0) is 7.84. The van der Waals surface area contributed by atoms with E-state index in [1.54, 1.807) is 0 Å². The van der Waals surface area contributed by atoms with E-state index in [1.807, 2.05) is 0 Å². The third kappa shape index (κ3) is 1.25. The maximum absolute atomic E-state index is 12.9. The van der Waals surface area contributed by atoms with E-state index in [1.165, 1.54) is 6.07 Å². The molecule has 2 rings (SSSR count). The van der Waals surface area contributed by atoms with E-state index < -0.39 is 5.82 Å². The Morgan fingerprint density at radius 1 is 1.36 bits per heavy atom. The summed E-state index contributed by atoms with van der Waals surface area (Å²) in [5.41, 5.74) is 0.515. The van der Waals surface area contributed by atoms with Crippen LogP contribution in [-0.4, -0.2) is 0 Å². The highest BCUT2D eigenvalue weighted by Gasteiger charge is 2.26. The summed E-state index contributed by atoms with van der Waals surface area (Å²) in [6.45, 7) is 0. The van der Waals surface area contributed by atoms with Crippen molar-refractivity contribution < 1.29 is 8.78 Å². The van der Waals surface area contributed by atoms with Gasteiger partial charge in [-0.15, -0.1) is 0 Å². The third-order valence-corrected chi connectivity index (χ3v) is 1.91. The second kappa shape index (κ2) is 2.29. The first kappa shape index (κ1) is 6.77. The quantitative estimate of drug-likeness (QED) is 0.581. The Hall–Kier alpha value is -0.920. The molecule has 1 saturated carbocycles. The van der Waals surface area contributed by atoms with Gasteiger partial charge in [-0.05, 0) is 36.5 Å². The van der Waals surface area contributed by atoms with Gasteiger partial charge in [-0.1, -0.05) is 0 Å². The Labute approximate surface area is 63.9 Å². The molecule has 1 aliphatic carbocycles. The van der Waals surface area contributed by atoms with Crippen molar-refractivity contribution in [3.8, 4) is 0 Å². The van der Waals surface area contributed by atoms with Crippen LogP contribution in [0.4, 0.5) is 8.78 Å². The van der Waals surface area contributed by atoms with Gasteiger partial charge in [-0.3, -0.25) is 0 Å². The van der Waals surface area contributed by atoms with Gasteiger partial charge < -0.3 is 0 Å². The molecule has 0 aromatic heterocycles. The number of benzene rings is 1. The van der Waals surface area contributed by atoms with E-state index >= 15 is 0 Å². The molecule has 0 nitrogen and oxygen atoms in total. The molecule has 0 amide bonds. The molecule has 0 aliphatic heterocycles. The maximum atomic E-state index is 12.9. The molecule has 1 aromatic rings. The summed E-state index contributed by atoms with van der Waals surface area (Å²) < 4.78 is 25.4. The lowest BCUT2D eigenvalue weighted by Crippen LogP contribution is -1.88. The van der Waals surface area contributed by atoms with Crippen molar-refractivity contribution in [1.29, 1.82) is 0 Å². The van der Waals surface area contributed by atoms with Crippen LogP contribution in [0.3, 0.4) is 0 Å². The lowest BCUT2D eigenvalue weighted by atomic mass is 10.1. The zero-order valence-corrected chi connectivity index (χ0v) is 5.90. The summed E-state index contributed by atoms with van der Waals surface area (Å²) in [4.78, 5) is 0. The summed E-state index contributed by atoms with van der Waals surface area (Å²) in [5.74, 6) is -0.527. The van der Waals surface area contributed by atoms with Gasteiger partial charge in [0.2, 0.25) is 0 Å². The first-order valence-electron chi connectivity index (χ1n) is 3.64. The maximum Gasteiger partial charge on any atom is 0.131 e. The Morgan fingerprint density at radius 2 is 2.09 bits per heavy atom. The summed E-state index contributed by atoms with van der Waals surface area (Å²) in [7, 11) is 0. The molecule has 0 heterocycles. The summed E-state index contributed by atoms with van der Waals surface area (Å²) in [6.07, 6.45) is 1.97. The van der Waals surface area contributed by atoms with Crippen molar-refractivity contribution in [3.63, 3.8) is 0 Å². The van der Waals surface area contributed by atoms with Crippen LogP contribution in [0.1, 0.15) is 24.3 Å². The molecular formula is C9H7F2. The average molecular weight is 153 g/mol. The molecular weight excluding hydrogens is 146 g/mol. The van der Waals surface area contributed by atoms with Gasteiger partial charge in [-0.25, -0.2) is 8.78 Å². The van der Waals surface area contributed by atoms with Crippen molar-refractivity contribution in [1.82, 2.24) is 0 Å². The number of hydrogen-bond acceptors (Lipinski definition) is 0. The molecule has 2 heteroatoms. The predicted octanol–water partition coefficient (Wildman–Crippen LogP) is 2.64. The largest absolute Gasteiger partial charge is 0.207 e. The van der Waals surface area contributed by atoms with Crippen LogP contribution in [-0.2, 0) is 0 Å². The average Bonchev–Trinajstić information content (AvgIpc) is 2.76. The van der Waals surface area contributed by atoms with Gasteiger partial charge in [0.05, 0.1) is 0 Å². The Kier molecular flexibility index (Phi) is 1.41. The minimum atomic E-state index is -0.465. The molecule has 1 radical (unpaired) electrons. The Balaban J connectivity index is 2.42. The molecule has 1 fully saturated rings. The predicted molar refractivity (Wildman–Crippen MR) is 37.2 cm³/mol. The minimum Gasteiger partial charge on any atom is -0.207 e. The number of hydrogen-bond donors (Lipinski definition) is 0. The first-order valence-corrected chi connectivity index (χ1v) is 3.64. The van der Waals surface area contributed by atoms with E-state index in [0.717, 1.165) is 18.9 Å². The van der Waals surface area contributed by atoms with E-state index in [4.69, 9.17) is 0 Å². The van der Waals surface area contributed by atoms with Crippen LogP contribution in [0, 0.1) is 17.7 Å². The molecule has 57 valence electrons. The second-order valence-electron chi connectivity index (χ2n) is 2.86. The topological polar surface area (TPSA) is 0 Å². The number of rotatable bonds is 1. The van der Waals surface area contributed by atoms with Gasteiger partial charge in [0.15, 0.2) is 0 Å². The van der Waals surface area contributed by atoms with Crippen LogP contribution in [0.2, 0.25) is 0 Å². The van der Waals surface area contributed by atoms with E-state index in [0.29, 0.717) is 5.56 Å². The molecule has 0 unspecified atom stereocenters.